The van der Waals surface area contributed by atoms with E-state index in [9.17, 15) is 14.4 Å². The highest BCUT2D eigenvalue weighted by molar-refractivity contribution is 6.09. The third kappa shape index (κ3) is 3.68. The van der Waals surface area contributed by atoms with Crippen molar-refractivity contribution < 1.29 is 35.6 Å². The van der Waals surface area contributed by atoms with E-state index in [0.717, 1.165) is 23.9 Å². The van der Waals surface area contributed by atoms with Gasteiger partial charge in [-0.25, -0.2) is 4.68 Å². The van der Waals surface area contributed by atoms with E-state index in [1.807, 2.05) is 0 Å². The van der Waals surface area contributed by atoms with E-state index in [-0.39, 0.29) is 51.9 Å². The van der Waals surface area contributed by atoms with Crippen LogP contribution in [0, 0.1) is 0 Å². The predicted molar refractivity (Wildman–Crippen MR) is 127 cm³/mol. The number of nitrogens with zero attached hydrogens (tertiary/aromatic N) is 4. The fraction of sp³-hybridized carbons (Fsp3) is 0.280. The molecule has 0 saturated carbocycles. The van der Waals surface area contributed by atoms with E-state index in [1.54, 1.807) is 0 Å². The van der Waals surface area contributed by atoms with Crippen LogP contribution in [-0.2, 0) is 11.2 Å². The number of primary amides is 1. The summed E-state index contributed by atoms with van der Waals surface area (Å²) in [5.41, 5.74) is 4.39. The third-order valence-electron chi connectivity index (χ3n) is 5.28. The molecule has 0 atom stereocenters. The normalized spacial score (nSPS) is 27.0. The number of piperidine rings is 1. The van der Waals surface area contributed by atoms with Gasteiger partial charge in [0.05, 0.1) is 18.3 Å². The Bertz CT molecular complexity index is 1800. The fourth-order valence-electron chi connectivity index (χ4n) is 3.71. The Hall–Kier alpha value is -4.14. The van der Waals surface area contributed by atoms with E-state index in [2.05, 4.69) is 5.10 Å². The Morgan fingerprint density at radius 2 is 1.74 bits per heavy atom. The van der Waals surface area contributed by atoms with Crippen LogP contribution in [0.2, 0.25) is 0 Å². The lowest BCUT2D eigenvalue weighted by atomic mass is 10.0. The molecule has 0 aliphatic carbocycles. The molecule has 2 aromatic carbocycles. The molecule has 174 valence electrons. The summed E-state index contributed by atoms with van der Waals surface area (Å²) in [6, 6.07) is 2.42. The monoisotopic (exact) mass is 471 g/mol. The molecule has 5 rings (SSSR count). The van der Waals surface area contributed by atoms with Crippen molar-refractivity contribution in [2.75, 3.05) is 30.0 Å². The van der Waals surface area contributed by atoms with Crippen molar-refractivity contribution in [3.05, 3.63) is 65.4 Å². The first-order valence-corrected chi connectivity index (χ1v) is 9.99. The zero-order valence-electron chi connectivity index (χ0n) is 29.7. The van der Waals surface area contributed by atoms with Crippen LogP contribution in [0.4, 0.5) is 11.4 Å². The Morgan fingerprint density at radius 3 is 2.38 bits per heavy atom. The molecular weight excluding hydrogens is 434 g/mol. The first-order chi connectivity index (χ1) is 21.2. The number of fused-ring (bicyclic) bond motifs is 1. The number of ether oxygens (including phenoxy) is 1. The van der Waals surface area contributed by atoms with E-state index in [4.69, 9.17) is 26.9 Å². The molecule has 1 aromatic heterocycles. The molecule has 2 N–H and O–H groups in total. The Balaban J connectivity index is 1.59. The molecule has 0 spiro atoms. The van der Waals surface area contributed by atoms with Gasteiger partial charge in [0, 0.05) is 47.3 Å². The summed E-state index contributed by atoms with van der Waals surface area (Å²) in [4.78, 5) is 40.7. The molecular formula is C25H25N5O4. The van der Waals surface area contributed by atoms with Gasteiger partial charge in [0.1, 0.15) is 11.4 Å². The molecule has 1 fully saturated rings. The number of anilines is 2. The maximum absolute atomic E-state index is 14.0. The summed E-state index contributed by atoms with van der Waals surface area (Å²) < 4.78 is 104. The second-order valence-corrected chi connectivity index (χ2v) is 7.18. The zero-order valence-corrected chi connectivity index (χ0v) is 17.7. The summed E-state index contributed by atoms with van der Waals surface area (Å²) in [6.45, 7) is -3.38. The minimum absolute atomic E-state index is 0.00202. The lowest BCUT2D eigenvalue weighted by molar-refractivity contribution is -0.119. The molecule has 3 aromatic rings. The highest BCUT2D eigenvalue weighted by Gasteiger charge is 2.34. The summed E-state index contributed by atoms with van der Waals surface area (Å²) in [6.07, 6.45) is -10.4. The summed E-state index contributed by atoms with van der Waals surface area (Å²) in [5.74, 6) is -3.80. The lowest BCUT2D eigenvalue weighted by Gasteiger charge is -2.29. The van der Waals surface area contributed by atoms with E-state index in [1.165, 1.54) is 17.0 Å². The number of carbonyl (C=O) groups excluding carboxylic acids is 3. The maximum atomic E-state index is 14.0. The average molecular weight is 472 g/mol. The van der Waals surface area contributed by atoms with Crippen LogP contribution in [0.25, 0.3) is 5.69 Å². The first-order valence-electron chi connectivity index (χ1n) is 16.0. The molecule has 1 saturated heterocycles. The quantitative estimate of drug-likeness (QED) is 0.615. The molecule has 0 unspecified atom stereocenters. The van der Waals surface area contributed by atoms with E-state index >= 15 is 0 Å². The smallest absolute Gasteiger partial charge is 0.277 e. The topological polar surface area (TPSA) is 111 Å². The summed E-state index contributed by atoms with van der Waals surface area (Å²) >= 11 is 0. The number of hydrogen-bond acceptors (Lipinski definition) is 5. The van der Waals surface area contributed by atoms with Gasteiger partial charge in [-0.3, -0.25) is 14.4 Å². The molecule has 3 heterocycles. The van der Waals surface area contributed by atoms with Gasteiger partial charge in [-0.05, 0) is 67.6 Å². The first kappa shape index (κ1) is 11.8. The largest absolute Gasteiger partial charge is 0.497 e. The summed E-state index contributed by atoms with van der Waals surface area (Å²) in [7, 11) is 1.16. The van der Waals surface area contributed by atoms with Crippen LogP contribution in [0.3, 0.4) is 0 Å². The molecule has 2 aliphatic heterocycles. The predicted octanol–water partition coefficient (Wildman–Crippen LogP) is 2.70. The third-order valence-corrected chi connectivity index (χ3v) is 5.28. The second-order valence-electron chi connectivity index (χ2n) is 7.18. The van der Waals surface area contributed by atoms with Crippen molar-refractivity contribution in [1.29, 1.82) is 0 Å². The number of nitrogens with two attached hydrogens (primary N) is 1. The molecule has 9 heteroatoms. The number of rotatable bonds is 5. The summed E-state index contributed by atoms with van der Waals surface area (Å²) in [5, 5.41) is 4.10. The van der Waals surface area contributed by atoms with Crippen molar-refractivity contribution in [3.63, 3.8) is 0 Å². The number of carbonyl (C=O) groups is 3. The van der Waals surface area contributed by atoms with Gasteiger partial charge in [0.15, 0.2) is 5.69 Å². The average Bonchev–Trinajstić information content (AvgIpc) is 3.37. The van der Waals surface area contributed by atoms with Crippen LogP contribution in [-0.4, -0.2) is 47.7 Å². The molecule has 9 nitrogen and oxygen atoms in total. The minimum Gasteiger partial charge on any atom is -0.497 e. The molecule has 34 heavy (non-hydrogen) atoms. The van der Waals surface area contributed by atoms with Gasteiger partial charge in [0.2, 0.25) is 5.91 Å². The molecule has 2 aliphatic rings. The Morgan fingerprint density at radius 1 is 1.06 bits per heavy atom. The second kappa shape index (κ2) is 8.66. The van der Waals surface area contributed by atoms with Crippen molar-refractivity contribution in [2.24, 2.45) is 5.73 Å². The fourth-order valence-corrected chi connectivity index (χ4v) is 3.71. The van der Waals surface area contributed by atoms with Crippen molar-refractivity contribution >= 4 is 29.1 Å². The van der Waals surface area contributed by atoms with Gasteiger partial charge in [-0.15, -0.1) is 0 Å². The Labute approximate surface area is 213 Å². The van der Waals surface area contributed by atoms with Crippen LogP contribution in [0.1, 0.15) is 62.1 Å². The van der Waals surface area contributed by atoms with Crippen molar-refractivity contribution in [1.82, 2.24) is 9.78 Å². The lowest BCUT2D eigenvalue weighted by Crippen LogP contribution is -2.39. The molecule has 0 bridgehead atoms. The van der Waals surface area contributed by atoms with Crippen LogP contribution >= 0.6 is 0 Å². The van der Waals surface area contributed by atoms with Gasteiger partial charge in [-0.2, -0.15) is 5.10 Å². The van der Waals surface area contributed by atoms with Gasteiger partial charge < -0.3 is 20.3 Å². The van der Waals surface area contributed by atoms with Crippen LogP contribution < -0.4 is 20.3 Å². The van der Waals surface area contributed by atoms with E-state index < -0.39 is 73.2 Å². The van der Waals surface area contributed by atoms with Gasteiger partial charge in [0.25, 0.3) is 11.8 Å². The standard InChI is InChI=1S/C25H25N5O4/c1-34-19-11-9-18(10-12-19)30-23-20(22(27-30)24(26)32)13-15-29(25(23)33)17-7-5-16(6-8-17)28-14-3-2-4-21(28)31/h5-12H,2-4,13-15H2,1H3,(H2,26,32)/i2D2,3D2,4D2,9D,10D,11D,12D,14D2. The van der Waals surface area contributed by atoms with Crippen LogP contribution in [0.15, 0.2) is 48.4 Å². The van der Waals surface area contributed by atoms with Crippen molar-refractivity contribution in [2.45, 2.75) is 25.5 Å². The van der Waals surface area contributed by atoms with E-state index in [0.29, 0.717) is 0 Å². The number of amides is 3. The maximum Gasteiger partial charge on any atom is 0.277 e. The molecule has 0 radical (unpaired) electrons. The van der Waals surface area contributed by atoms with Crippen LogP contribution in [0.5, 0.6) is 5.75 Å². The zero-order chi connectivity index (χ0) is 34.5. The SMILES string of the molecule is [2H]c1c([2H])c(-n2nc(C(N)=O)c3c2C(=O)N(c2ccc(N4C(=O)C([2H])([2H])C([2H])([2H])C([2H])([2H])C4([2H])[2H])cc2)CC3)c([2H])c([2H])c1OC. The van der Waals surface area contributed by atoms with Crippen molar-refractivity contribution in [3.8, 4) is 11.4 Å². The van der Waals surface area contributed by atoms with Gasteiger partial charge in [-0.1, -0.05) is 0 Å². The van der Waals surface area contributed by atoms with Gasteiger partial charge >= 0.3 is 0 Å². The number of aromatic nitrogens is 2. The number of methoxy groups -OCH3 is 1. The number of benzene rings is 2. The highest BCUT2D eigenvalue weighted by Crippen LogP contribution is 2.31. The highest BCUT2D eigenvalue weighted by atomic mass is 16.5. The molecule has 3 amide bonds. The Kier molecular flexibility index (Phi) is 3.01. The minimum atomic E-state index is -3.52. The number of hydrogen-bond donors (Lipinski definition) is 1.